The SMILES string of the molecule is Cc1cccc(CCN(C)CC2CCCN2)c1. The van der Waals surface area contributed by atoms with Crippen LogP contribution in [0.25, 0.3) is 0 Å². The number of rotatable bonds is 5. The van der Waals surface area contributed by atoms with Gasteiger partial charge in [0.05, 0.1) is 0 Å². The van der Waals surface area contributed by atoms with E-state index in [0.717, 1.165) is 19.0 Å². The van der Waals surface area contributed by atoms with Gasteiger partial charge in [-0.3, -0.25) is 0 Å². The van der Waals surface area contributed by atoms with Crippen molar-refractivity contribution in [3.63, 3.8) is 0 Å². The molecule has 1 aliphatic rings. The van der Waals surface area contributed by atoms with Crippen LogP contribution in [0.3, 0.4) is 0 Å². The summed E-state index contributed by atoms with van der Waals surface area (Å²) in [4.78, 5) is 2.45. The van der Waals surface area contributed by atoms with Crippen molar-refractivity contribution in [1.82, 2.24) is 10.2 Å². The number of hydrogen-bond acceptors (Lipinski definition) is 2. The summed E-state index contributed by atoms with van der Waals surface area (Å²) in [7, 11) is 2.23. The molecule has 1 heterocycles. The van der Waals surface area contributed by atoms with Gasteiger partial charge in [0.1, 0.15) is 0 Å². The largest absolute Gasteiger partial charge is 0.313 e. The zero-order chi connectivity index (χ0) is 12.1. The Hall–Kier alpha value is -0.860. The minimum absolute atomic E-state index is 0.720. The van der Waals surface area contributed by atoms with Crippen molar-refractivity contribution < 1.29 is 0 Å². The molecule has 1 aromatic rings. The Morgan fingerprint density at radius 3 is 3.00 bits per heavy atom. The van der Waals surface area contributed by atoms with Gasteiger partial charge in [-0.15, -0.1) is 0 Å². The van der Waals surface area contributed by atoms with Gasteiger partial charge in [-0.05, 0) is 45.3 Å². The summed E-state index contributed by atoms with van der Waals surface area (Å²) < 4.78 is 0. The fraction of sp³-hybridized carbons (Fsp3) is 0.600. The molecule has 1 saturated heterocycles. The number of benzene rings is 1. The van der Waals surface area contributed by atoms with E-state index in [-0.39, 0.29) is 0 Å². The van der Waals surface area contributed by atoms with E-state index in [9.17, 15) is 0 Å². The molecule has 0 saturated carbocycles. The molecule has 2 nitrogen and oxygen atoms in total. The Labute approximate surface area is 105 Å². The predicted molar refractivity (Wildman–Crippen MR) is 73.4 cm³/mol. The van der Waals surface area contributed by atoms with Gasteiger partial charge in [0.25, 0.3) is 0 Å². The third kappa shape index (κ3) is 4.14. The lowest BCUT2D eigenvalue weighted by molar-refractivity contribution is 0.303. The highest BCUT2D eigenvalue weighted by molar-refractivity contribution is 5.22. The van der Waals surface area contributed by atoms with Crippen LogP contribution in [-0.2, 0) is 6.42 Å². The minimum Gasteiger partial charge on any atom is -0.313 e. The first-order valence-electron chi connectivity index (χ1n) is 6.71. The molecular weight excluding hydrogens is 208 g/mol. The van der Waals surface area contributed by atoms with E-state index < -0.39 is 0 Å². The second-order valence-corrected chi connectivity index (χ2v) is 5.29. The number of likely N-dealkylation sites (N-methyl/N-ethyl adjacent to an activating group) is 1. The van der Waals surface area contributed by atoms with Crippen LogP contribution in [0, 0.1) is 6.92 Å². The first kappa shape index (κ1) is 12.6. The molecule has 0 bridgehead atoms. The highest BCUT2D eigenvalue weighted by Crippen LogP contribution is 2.08. The third-order valence-corrected chi connectivity index (χ3v) is 3.56. The molecule has 2 rings (SSSR count). The van der Waals surface area contributed by atoms with Crippen molar-refractivity contribution in [1.29, 1.82) is 0 Å². The van der Waals surface area contributed by atoms with Crippen LogP contribution in [-0.4, -0.2) is 37.6 Å². The summed E-state index contributed by atoms with van der Waals surface area (Å²) in [6, 6.07) is 9.56. The zero-order valence-corrected chi connectivity index (χ0v) is 11.1. The molecule has 0 amide bonds. The molecular formula is C15H24N2. The van der Waals surface area contributed by atoms with Gasteiger partial charge in [0.2, 0.25) is 0 Å². The average molecular weight is 232 g/mol. The summed E-state index contributed by atoms with van der Waals surface area (Å²) in [5, 5.41) is 3.55. The predicted octanol–water partition coefficient (Wildman–Crippen LogP) is 2.22. The summed E-state index contributed by atoms with van der Waals surface area (Å²) >= 11 is 0. The average Bonchev–Trinajstić information content (AvgIpc) is 2.79. The number of nitrogens with one attached hydrogen (secondary N) is 1. The van der Waals surface area contributed by atoms with E-state index in [1.807, 2.05) is 0 Å². The molecule has 1 aliphatic heterocycles. The van der Waals surface area contributed by atoms with Gasteiger partial charge < -0.3 is 10.2 Å². The van der Waals surface area contributed by atoms with Crippen LogP contribution < -0.4 is 5.32 Å². The maximum atomic E-state index is 3.55. The lowest BCUT2D eigenvalue weighted by atomic mass is 10.1. The van der Waals surface area contributed by atoms with Crippen molar-refractivity contribution in [2.45, 2.75) is 32.2 Å². The molecule has 0 aliphatic carbocycles. The Morgan fingerprint density at radius 2 is 2.29 bits per heavy atom. The van der Waals surface area contributed by atoms with Crippen LogP contribution in [0.2, 0.25) is 0 Å². The highest BCUT2D eigenvalue weighted by Gasteiger charge is 2.15. The van der Waals surface area contributed by atoms with Crippen LogP contribution in [0.4, 0.5) is 0 Å². The molecule has 1 atom stereocenters. The lowest BCUT2D eigenvalue weighted by Gasteiger charge is -2.21. The zero-order valence-electron chi connectivity index (χ0n) is 11.1. The van der Waals surface area contributed by atoms with Crippen LogP contribution in [0.15, 0.2) is 24.3 Å². The number of aryl methyl sites for hydroxylation is 1. The molecule has 1 N–H and O–H groups in total. The van der Waals surface area contributed by atoms with Crippen LogP contribution in [0.5, 0.6) is 0 Å². The van der Waals surface area contributed by atoms with Crippen LogP contribution in [0.1, 0.15) is 24.0 Å². The first-order chi connectivity index (χ1) is 8.24. The maximum Gasteiger partial charge on any atom is 0.0195 e. The van der Waals surface area contributed by atoms with E-state index in [2.05, 4.69) is 48.5 Å². The van der Waals surface area contributed by atoms with Gasteiger partial charge in [-0.1, -0.05) is 29.8 Å². The normalized spacial score (nSPS) is 20.1. The maximum absolute atomic E-state index is 3.55. The van der Waals surface area contributed by atoms with Crippen molar-refractivity contribution in [2.75, 3.05) is 26.7 Å². The Kier molecular flexibility index (Phi) is 4.57. The molecule has 94 valence electrons. The fourth-order valence-corrected chi connectivity index (χ4v) is 2.57. The Morgan fingerprint density at radius 1 is 1.41 bits per heavy atom. The van der Waals surface area contributed by atoms with Gasteiger partial charge in [0.15, 0.2) is 0 Å². The Bertz CT molecular complexity index is 343. The van der Waals surface area contributed by atoms with Gasteiger partial charge in [-0.2, -0.15) is 0 Å². The molecule has 1 unspecified atom stereocenters. The van der Waals surface area contributed by atoms with Gasteiger partial charge in [-0.25, -0.2) is 0 Å². The molecule has 1 fully saturated rings. The van der Waals surface area contributed by atoms with E-state index in [0.29, 0.717) is 0 Å². The van der Waals surface area contributed by atoms with Crippen molar-refractivity contribution >= 4 is 0 Å². The Balaban J connectivity index is 1.73. The molecule has 2 heteroatoms. The summed E-state index contributed by atoms with van der Waals surface area (Å²) in [5.74, 6) is 0. The smallest absolute Gasteiger partial charge is 0.0195 e. The number of hydrogen-bond donors (Lipinski definition) is 1. The lowest BCUT2D eigenvalue weighted by Crippen LogP contribution is -2.36. The third-order valence-electron chi connectivity index (χ3n) is 3.56. The van der Waals surface area contributed by atoms with Crippen molar-refractivity contribution in [3.8, 4) is 0 Å². The van der Waals surface area contributed by atoms with Crippen LogP contribution >= 0.6 is 0 Å². The summed E-state index contributed by atoms with van der Waals surface area (Å²) in [6.45, 7) is 5.71. The standard InChI is InChI=1S/C15H24N2/c1-13-5-3-6-14(11-13)8-10-17(2)12-15-7-4-9-16-15/h3,5-6,11,15-16H,4,7-10,12H2,1-2H3. The first-order valence-corrected chi connectivity index (χ1v) is 6.71. The second kappa shape index (κ2) is 6.18. The van der Waals surface area contributed by atoms with E-state index >= 15 is 0 Å². The summed E-state index contributed by atoms with van der Waals surface area (Å²) in [6.07, 6.45) is 3.84. The fourth-order valence-electron chi connectivity index (χ4n) is 2.57. The quantitative estimate of drug-likeness (QED) is 0.837. The molecule has 0 radical (unpaired) electrons. The van der Waals surface area contributed by atoms with E-state index in [1.54, 1.807) is 0 Å². The van der Waals surface area contributed by atoms with E-state index in [1.165, 1.54) is 37.1 Å². The van der Waals surface area contributed by atoms with Crippen molar-refractivity contribution in [2.24, 2.45) is 0 Å². The highest BCUT2D eigenvalue weighted by atomic mass is 15.1. The molecule has 0 aromatic heterocycles. The number of nitrogens with zero attached hydrogens (tertiary/aromatic N) is 1. The topological polar surface area (TPSA) is 15.3 Å². The van der Waals surface area contributed by atoms with Crippen molar-refractivity contribution in [3.05, 3.63) is 35.4 Å². The molecule has 17 heavy (non-hydrogen) atoms. The van der Waals surface area contributed by atoms with Gasteiger partial charge >= 0.3 is 0 Å². The van der Waals surface area contributed by atoms with Gasteiger partial charge in [0, 0.05) is 19.1 Å². The molecule has 1 aromatic carbocycles. The second-order valence-electron chi connectivity index (χ2n) is 5.29. The molecule has 0 spiro atoms. The minimum atomic E-state index is 0.720. The monoisotopic (exact) mass is 232 g/mol. The summed E-state index contributed by atoms with van der Waals surface area (Å²) in [5.41, 5.74) is 2.82. The van der Waals surface area contributed by atoms with E-state index in [4.69, 9.17) is 0 Å².